The molecule has 1 atom stereocenters. The quantitative estimate of drug-likeness (QED) is 0.825. The Hall–Kier alpha value is -1.16. The number of nitrogens with zero attached hydrogens (tertiary/aromatic N) is 1. The lowest BCUT2D eigenvalue weighted by Crippen LogP contribution is -2.30. The summed E-state index contributed by atoms with van der Waals surface area (Å²) in [7, 11) is -2.07. The highest BCUT2D eigenvalue weighted by Gasteiger charge is 2.34. The SMILES string of the molecule is COc1ccc(S(=O)(=O)N2CC[C@@H](OCC(=O)O)C2)s1. The molecule has 2 rings (SSSR count). The first-order valence-corrected chi connectivity index (χ1v) is 8.16. The lowest BCUT2D eigenvalue weighted by atomic mass is 10.3. The van der Waals surface area contributed by atoms with Crippen molar-refractivity contribution in [3.63, 3.8) is 0 Å². The Kier molecular flexibility index (Phi) is 4.63. The first kappa shape index (κ1) is 15.2. The largest absolute Gasteiger partial charge is 0.487 e. The van der Waals surface area contributed by atoms with Crippen molar-refractivity contribution in [3.8, 4) is 5.06 Å². The van der Waals surface area contributed by atoms with Gasteiger partial charge in [-0.1, -0.05) is 11.3 Å². The third-order valence-corrected chi connectivity index (χ3v) is 6.28. The van der Waals surface area contributed by atoms with Crippen LogP contribution in [0.15, 0.2) is 16.3 Å². The topological polar surface area (TPSA) is 93.1 Å². The third-order valence-electron chi connectivity index (χ3n) is 2.90. The van der Waals surface area contributed by atoms with Gasteiger partial charge in [-0.3, -0.25) is 0 Å². The van der Waals surface area contributed by atoms with Crippen LogP contribution < -0.4 is 4.74 Å². The monoisotopic (exact) mass is 321 g/mol. The fraction of sp³-hybridized carbons (Fsp3) is 0.545. The summed E-state index contributed by atoms with van der Waals surface area (Å²) >= 11 is 1.06. The van der Waals surface area contributed by atoms with Crippen LogP contribution in [-0.4, -0.2) is 56.7 Å². The van der Waals surface area contributed by atoms with Gasteiger partial charge in [0.2, 0.25) is 0 Å². The lowest BCUT2D eigenvalue weighted by molar-refractivity contribution is -0.144. The van der Waals surface area contributed by atoms with Gasteiger partial charge in [0.1, 0.15) is 10.8 Å². The Bertz CT molecular complexity index is 581. The minimum atomic E-state index is -3.56. The number of hydrogen-bond donors (Lipinski definition) is 1. The van der Waals surface area contributed by atoms with E-state index in [1.54, 1.807) is 6.07 Å². The molecule has 1 saturated heterocycles. The highest BCUT2D eigenvalue weighted by atomic mass is 32.2. The Labute approximate surface area is 120 Å². The summed E-state index contributed by atoms with van der Waals surface area (Å²) in [5.41, 5.74) is 0. The van der Waals surface area contributed by atoms with Crippen LogP contribution in [0.3, 0.4) is 0 Å². The van der Waals surface area contributed by atoms with Crippen LogP contribution in [0.5, 0.6) is 5.06 Å². The average molecular weight is 321 g/mol. The van der Waals surface area contributed by atoms with Gasteiger partial charge in [0.25, 0.3) is 10.0 Å². The summed E-state index contributed by atoms with van der Waals surface area (Å²) < 4.78 is 36.3. The molecule has 0 spiro atoms. The number of aliphatic carboxylic acids is 1. The van der Waals surface area contributed by atoms with Crippen molar-refractivity contribution in [1.82, 2.24) is 4.31 Å². The molecule has 7 nitrogen and oxygen atoms in total. The van der Waals surface area contributed by atoms with Gasteiger partial charge in [0, 0.05) is 13.1 Å². The maximum Gasteiger partial charge on any atom is 0.329 e. The summed E-state index contributed by atoms with van der Waals surface area (Å²) in [4.78, 5) is 10.4. The molecule has 0 aliphatic carbocycles. The maximum atomic E-state index is 12.4. The summed E-state index contributed by atoms with van der Waals surface area (Å²) in [5, 5.41) is 9.07. The molecule has 1 fully saturated rings. The van der Waals surface area contributed by atoms with Gasteiger partial charge in [0.05, 0.1) is 13.2 Å². The van der Waals surface area contributed by atoms with Crippen molar-refractivity contribution in [1.29, 1.82) is 0 Å². The van der Waals surface area contributed by atoms with E-state index in [1.807, 2.05) is 0 Å². The average Bonchev–Trinajstić information content (AvgIpc) is 3.05. The van der Waals surface area contributed by atoms with E-state index in [0.29, 0.717) is 18.0 Å². The Morgan fingerprint density at radius 2 is 2.30 bits per heavy atom. The van der Waals surface area contributed by atoms with Crippen molar-refractivity contribution in [2.24, 2.45) is 0 Å². The van der Waals surface area contributed by atoms with Crippen LogP contribution in [0.25, 0.3) is 0 Å². The number of carboxylic acid groups (broad SMARTS) is 1. The molecule has 1 aromatic rings. The number of sulfonamides is 1. The van der Waals surface area contributed by atoms with E-state index in [1.165, 1.54) is 17.5 Å². The molecule has 0 amide bonds. The second kappa shape index (κ2) is 6.08. The van der Waals surface area contributed by atoms with Crippen molar-refractivity contribution in [2.45, 2.75) is 16.7 Å². The van der Waals surface area contributed by atoms with E-state index in [4.69, 9.17) is 14.6 Å². The molecule has 0 unspecified atom stereocenters. The summed E-state index contributed by atoms with van der Waals surface area (Å²) in [5.74, 6) is -1.06. The van der Waals surface area contributed by atoms with Crippen LogP contribution in [0, 0.1) is 0 Å². The van der Waals surface area contributed by atoms with E-state index in [2.05, 4.69) is 0 Å². The number of methoxy groups -OCH3 is 1. The lowest BCUT2D eigenvalue weighted by Gasteiger charge is -2.15. The smallest absolute Gasteiger partial charge is 0.329 e. The molecule has 0 bridgehead atoms. The molecule has 0 aromatic carbocycles. The molecule has 1 aromatic heterocycles. The molecule has 20 heavy (non-hydrogen) atoms. The number of rotatable bonds is 6. The first-order valence-electron chi connectivity index (χ1n) is 5.91. The summed E-state index contributed by atoms with van der Waals surface area (Å²) in [6, 6.07) is 3.11. The van der Waals surface area contributed by atoms with Crippen molar-refractivity contribution in [3.05, 3.63) is 12.1 Å². The van der Waals surface area contributed by atoms with Crippen molar-refractivity contribution >= 4 is 27.3 Å². The van der Waals surface area contributed by atoms with Gasteiger partial charge in [-0.15, -0.1) is 0 Å². The zero-order valence-corrected chi connectivity index (χ0v) is 12.4. The standard InChI is InChI=1S/C11H15NO6S2/c1-17-10-2-3-11(19-10)20(15,16)12-5-4-8(6-12)18-7-9(13)14/h2-3,8H,4-7H2,1H3,(H,13,14)/t8-/m1/s1. The van der Waals surface area contributed by atoms with Gasteiger partial charge in [-0.25, -0.2) is 13.2 Å². The van der Waals surface area contributed by atoms with E-state index < -0.39 is 22.6 Å². The molecule has 1 aliphatic rings. The summed E-state index contributed by atoms with van der Waals surface area (Å²) in [6.07, 6.45) is 0.123. The molecule has 112 valence electrons. The molecule has 1 N–H and O–H groups in total. The number of carboxylic acids is 1. The van der Waals surface area contributed by atoms with Crippen LogP contribution >= 0.6 is 11.3 Å². The number of thiophene rings is 1. The second-order valence-corrected chi connectivity index (χ2v) is 7.47. The minimum absolute atomic E-state index is 0.176. The van der Waals surface area contributed by atoms with E-state index >= 15 is 0 Å². The zero-order chi connectivity index (χ0) is 14.8. The van der Waals surface area contributed by atoms with Crippen molar-refractivity contribution < 1.29 is 27.8 Å². The summed E-state index contributed by atoms with van der Waals surface area (Å²) in [6.45, 7) is 0.0913. The molecule has 1 aliphatic heterocycles. The van der Waals surface area contributed by atoms with Gasteiger partial charge >= 0.3 is 5.97 Å². The predicted octanol–water partition coefficient (Wildman–Crippen LogP) is 0.621. The zero-order valence-electron chi connectivity index (χ0n) is 10.8. The number of carbonyl (C=O) groups is 1. The molecule has 9 heteroatoms. The van der Waals surface area contributed by atoms with Crippen molar-refractivity contribution in [2.75, 3.05) is 26.8 Å². The molecular weight excluding hydrogens is 306 g/mol. The number of ether oxygens (including phenoxy) is 2. The molecule has 0 radical (unpaired) electrons. The maximum absolute atomic E-state index is 12.4. The predicted molar refractivity (Wildman–Crippen MR) is 71.6 cm³/mol. The Morgan fingerprint density at radius 1 is 1.55 bits per heavy atom. The first-order chi connectivity index (χ1) is 9.43. The van der Waals surface area contributed by atoms with Gasteiger partial charge in [-0.05, 0) is 18.6 Å². The van der Waals surface area contributed by atoms with Gasteiger partial charge < -0.3 is 14.6 Å². The van der Waals surface area contributed by atoms with E-state index in [9.17, 15) is 13.2 Å². The molecular formula is C11H15NO6S2. The molecule has 0 saturated carbocycles. The molecule has 2 heterocycles. The highest BCUT2D eigenvalue weighted by Crippen LogP contribution is 2.31. The number of hydrogen-bond acceptors (Lipinski definition) is 6. The Morgan fingerprint density at radius 3 is 2.90 bits per heavy atom. The minimum Gasteiger partial charge on any atom is -0.487 e. The van der Waals surface area contributed by atoms with Gasteiger partial charge in [0.15, 0.2) is 5.06 Å². The van der Waals surface area contributed by atoms with E-state index in [0.717, 1.165) is 11.3 Å². The van der Waals surface area contributed by atoms with Crippen LogP contribution in [0.2, 0.25) is 0 Å². The van der Waals surface area contributed by atoms with Crippen LogP contribution in [0.4, 0.5) is 0 Å². The Balaban J connectivity index is 2.02. The fourth-order valence-electron chi connectivity index (χ4n) is 1.92. The fourth-order valence-corrected chi connectivity index (χ4v) is 4.66. The second-order valence-electron chi connectivity index (χ2n) is 4.26. The normalized spacial score (nSPS) is 20.1. The van der Waals surface area contributed by atoms with Crippen LogP contribution in [-0.2, 0) is 19.6 Å². The third kappa shape index (κ3) is 3.29. The highest BCUT2D eigenvalue weighted by molar-refractivity contribution is 7.91. The van der Waals surface area contributed by atoms with Gasteiger partial charge in [-0.2, -0.15) is 4.31 Å². The van der Waals surface area contributed by atoms with E-state index in [-0.39, 0.29) is 16.9 Å². The van der Waals surface area contributed by atoms with Crippen LogP contribution in [0.1, 0.15) is 6.42 Å².